The molecule has 0 aliphatic carbocycles. The molecule has 1 fully saturated rings. The number of likely N-dealkylation sites (tertiary alicyclic amines) is 1. The number of nitrogens with two attached hydrogens (primary N) is 1. The van der Waals surface area contributed by atoms with E-state index in [1.54, 1.807) is 11.8 Å². The van der Waals surface area contributed by atoms with Gasteiger partial charge in [-0.2, -0.15) is 0 Å². The smallest absolute Gasteiger partial charge is 0.239 e. The Morgan fingerprint density at radius 1 is 1.26 bits per heavy atom. The van der Waals surface area contributed by atoms with Gasteiger partial charge in [-0.25, -0.2) is 0 Å². The van der Waals surface area contributed by atoms with Crippen LogP contribution in [0.5, 0.6) is 0 Å². The zero-order chi connectivity index (χ0) is 16.1. The third kappa shape index (κ3) is 5.52. The van der Waals surface area contributed by atoms with Gasteiger partial charge in [-0.15, -0.1) is 12.4 Å². The Labute approximate surface area is 144 Å². The number of rotatable bonds is 4. The molecule has 6 heteroatoms. The maximum Gasteiger partial charge on any atom is 0.239 e. The Kier molecular flexibility index (Phi) is 7.52. The van der Waals surface area contributed by atoms with Gasteiger partial charge in [-0.05, 0) is 32.3 Å². The predicted octanol–water partition coefficient (Wildman–Crippen LogP) is 1.62. The van der Waals surface area contributed by atoms with Crippen LogP contribution in [0.25, 0.3) is 0 Å². The topological polar surface area (TPSA) is 75.4 Å². The summed E-state index contributed by atoms with van der Waals surface area (Å²) >= 11 is 0. The molecule has 1 aromatic rings. The van der Waals surface area contributed by atoms with Gasteiger partial charge in [-0.1, -0.05) is 29.8 Å². The van der Waals surface area contributed by atoms with Crippen molar-refractivity contribution in [1.29, 1.82) is 0 Å². The molecule has 0 aromatic heterocycles. The molecule has 2 amide bonds. The van der Waals surface area contributed by atoms with Crippen molar-refractivity contribution < 1.29 is 9.59 Å². The molecule has 128 valence electrons. The Balaban J connectivity index is 0.00000264. The minimum atomic E-state index is -0.466. The first-order valence-electron chi connectivity index (χ1n) is 7.85. The van der Waals surface area contributed by atoms with Gasteiger partial charge >= 0.3 is 0 Å². The zero-order valence-corrected chi connectivity index (χ0v) is 14.6. The summed E-state index contributed by atoms with van der Waals surface area (Å²) in [6.45, 7) is 5.52. The van der Waals surface area contributed by atoms with Crippen molar-refractivity contribution in [3.63, 3.8) is 0 Å². The van der Waals surface area contributed by atoms with E-state index < -0.39 is 6.04 Å². The number of hydrogen-bond donors (Lipinski definition) is 2. The van der Waals surface area contributed by atoms with Crippen LogP contribution in [0.1, 0.15) is 30.9 Å². The Bertz CT molecular complexity index is 523. The van der Waals surface area contributed by atoms with E-state index in [1.165, 1.54) is 5.56 Å². The number of hydrogen-bond acceptors (Lipinski definition) is 3. The van der Waals surface area contributed by atoms with Gasteiger partial charge in [0.1, 0.15) is 0 Å². The number of carbonyl (C=O) groups excluding carboxylic acids is 2. The van der Waals surface area contributed by atoms with Crippen LogP contribution in [0.4, 0.5) is 0 Å². The van der Waals surface area contributed by atoms with E-state index in [9.17, 15) is 9.59 Å². The van der Waals surface area contributed by atoms with E-state index in [0.29, 0.717) is 32.5 Å². The number of carbonyl (C=O) groups is 2. The second-order valence-corrected chi connectivity index (χ2v) is 6.09. The number of nitrogens with one attached hydrogen (secondary N) is 1. The first kappa shape index (κ1) is 19.5. The minimum absolute atomic E-state index is 0. The third-order valence-electron chi connectivity index (χ3n) is 4.15. The number of halogens is 1. The Morgan fingerprint density at radius 2 is 1.83 bits per heavy atom. The fraction of sp³-hybridized carbons (Fsp3) is 0.529. The molecule has 0 radical (unpaired) electrons. The molecule has 1 saturated heterocycles. The first-order valence-corrected chi connectivity index (χ1v) is 7.85. The molecule has 1 aromatic carbocycles. The standard InChI is InChI=1S/C17H25N3O2.ClH/c1-12-3-5-14(6-4-12)11-19-16(21)15-7-9-20(10-8-15)17(22)13(2)18;/h3-6,13,15H,7-11,18H2,1-2H3,(H,19,21);1H/t13-;/m1./s1. The first-order chi connectivity index (χ1) is 10.5. The van der Waals surface area contributed by atoms with E-state index >= 15 is 0 Å². The summed E-state index contributed by atoms with van der Waals surface area (Å²) in [5.74, 6) is 0.0366. The third-order valence-corrected chi connectivity index (χ3v) is 4.15. The van der Waals surface area contributed by atoms with Gasteiger partial charge in [0.25, 0.3) is 0 Å². The molecule has 23 heavy (non-hydrogen) atoms. The molecule has 5 nitrogen and oxygen atoms in total. The number of amides is 2. The van der Waals surface area contributed by atoms with Crippen molar-refractivity contribution in [1.82, 2.24) is 10.2 Å². The monoisotopic (exact) mass is 339 g/mol. The van der Waals surface area contributed by atoms with E-state index in [-0.39, 0.29) is 30.1 Å². The largest absolute Gasteiger partial charge is 0.352 e. The highest BCUT2D eigenvalue weighted by Crippen LogP contribution is 2.18. The molecule has 3 N–H and O–H groups in total. The summed E-state index contributed by atoms with van der Waals surface area (Å²) in [6, 6.07) is 7.67. The van der Waals surface area contributed by atoms with Gasteiger partial charge in [0.05, 0.1) is 6.04 Å². The molecule has 0 unspecified atom stereocenters. The lowest BCUT2D eigenvalue weighted by Gasteiger charge is -2.32. The number of piperidine rings is 1. The van der Waals surface area contributed by atoms with Gasteiger partial charge < -0.3 is 16.0 Å². The highest BCUT2D eigenvalue weighted by Gasteiger charge is 2.28. The van der Waals surface area contributed by atoms with E-state index in [0.717, 1.165) is 5.56 Å². The van der Waals surface area contributed by atoms with Crippen LogP contribution in [-0.2, 0) is 16.1 Å². The lowest BCUT2D eigenvalue weighted by Crippen LogP contribution is -2.47. The van der Waals surface area contributed by atoms with Crippen molar-refractivity contribution in [3.05, 3.63) is 35.4 Å². The summed E-state index contributed by atoms with van der Waals surface area (Å²) in [4.78, 5) is 25.8. The van der Waals surface area contributed by atoms with Crippen molar-refractivity contribution in [3.8, 4) is 0 Å². The Hall–Kier alpha value is -1.59. The Morgan fingerprint density at radius 3 is 2.35 bits per heavy atom. The summed E-state index contributed by atoms with van der Waals surface area (Å²) in [5, 5.41) is 2.99. The average molecular weight is 340 g/mol. The van der Waals surface area contributed by atoms with Crippen LogP contribution in [0.3, 0.4) is 0 Å². The number of aryl methyl sites for hydroxylation is 1. The predicted molar refractivity (Wildman–Crippen MR) is 93.2 cm³/mol. The molecule has 1 aliphatic rings. The fourth-order valence-electron chi connectivity index (χ4n) is 2.69. The van der Waals surface area contributed by atoms with Gasteiger partial charge in [0.15, 0.2) is 0 Å². The molecular formula is C17H26ClN3O2. The summed E-state index contributed by atoms with van der Waals surface area (Å²) < 4.78 is 0. The van der Waals surface area contributed by atoms with Gasteiger partial charge in [0.2, 0.25) is 11.8 Å². The zero-order valence-electron chi connectivity index (χ0n) is 13.7. The quantitative estimate of drug-likeness (QED) is 0.875. The fourth-order valence-corrected chi connectivity index (χ4v) is 2.69. The maximum atomic E-state index is 12.2. The van der Waals surface area contributed by atoms with Crippen LogP contribution >= 0.6 is 12.4 Å². The molecule has 0 bridgehead atoms. The van der Waals surface area contributed by atoms with Crippen molar-refractivity contribution in [2.24, 2.45) is 11.7 Å². The van der Waals surface area contributed by atoms with E-state index in [4.69, 9.17) is 5.73 Å². The maximum absolute atomic E-state index is 12.2. The molecule has 0 spiro atoms. The SMILES string of the molecule is Cc1ccc(CNC(=O)C2CCN(C(=O)[C@@H](C)N)CC2)cc1.Cl. The lowest BCUT2D eigenvalue weighted by molar-refractivity contribution is -0.136. The minimum Gasteiger partial charge on any atom is -0.352 e. The van der Waals surface area contributed by atoms with Crippen LogP contribution in [0.15, 0.2) is 24.3 Å². The highest BCUT2D eigenvalue weighted by atomic mass is 35.5. The van der Waals surface area contributed by atoms with Crippen LogP contribution in [-0.4, -0.2) is 35.8 Å². The molecule has 1 heterocycles. The van der Waals surface area contributed by atoms with Crippen LogP contribution < -0.4 is 11.1 Å². The summed E-state index contributed by atoms with van der Waals surface area (Å²) in [6.07, 6.45) is 1.41. The molecule has 0 saturated carbocycles. The second-order valence-electron chi connectivity index (χ2n) is 6.09. The molecular weight excluding hydrogens is 314 g/mol. The van der Waals surface area contributed by atoms with Crippen LogP contribution in [0.2, 0.25) is 0 Å². The summed E-state index contributed by atoms with van der Waals surface area (Å²) in [7, 11) is 0. The van der Waals surface area contributed by atoms with E-state index in [1.807, 2.05) is 31.2 Å². The normalized spacial score (nSPS) is 16.4. The summed E-state index contributed by atoms with van der Waals surface area (Å²) in [5.41, 5.74) is 7.92. The highest BCUT2D eigenvalue weighted by molar-refractivity contribution is 5.85. The van der Waals surface area contributed by atoms with Crippen molar-refractivity contribution in [2.75, 3.05) is 13.1 Å². The van der Waals surface area contributed by atoms with Crippen molar-refractivity contribution in [2.45, 2.75) is 39.3 Å². The van der Waals surface area contributed by atoms with Gasteiger partial charge in [0, 0.05) is 25.6 Å². The average Bonchev–Trinajstić information content (AvgIpc) is 2.53. The van der Waals surface area contributed by atoms with Crippen LogP contribution in [0, 0.1) is 12.8 Å². The van der Waals surface area contributed by atoms with Gasteiger partial charge in [-0.3, -0.25) is 9.59 Å². The molecule has 1 atom stereocenters. The van der Waals surface area contributed by atoms with E-state index in [2.05, 4.69) is 5.32 Å². The lowest BCUT2D eigenvalue weighted by atomic mass is 9.95. The second kappa shape index (κ2) is 8.89. The van der Waals surface area contributed by atoms with Crippen molar-refractivity contribution >= 4 is 24.2 Å². The number of nitrogens with zero attached hydrogens (tertiary/aromatic N) is 1. The number of benzene rings is 1. The molecule has 1 aliphatic heterocycles. The molecule has 2 rings (SSSR count).